The van der Waals surface area contributed by atoms with E-state index in [1.807, 2.05) is 25.1 Å². The highest BCUT2D eigenvalue weighted by Gasteiger charge is 2.05. The van der Waals surface area contributed by atoms with Gasteiger partial charge in [-0.15, -0.1) is 0 Å². The highest BCUT2D eigenvalue weighted by molar-refractivity contribution is 5.22. The fraction of sp³-hybridized carbons (Fsp3) is 0.286. The van der Waals surface area contributed by atoms with Crippen molar-refractivity contribution in [3.05, 3.63) is 87.6 Å². The van der Waals surface area contributed by atoms with Crippen LogP contribution in [0, 0.1) is 6.92 Å². The molecule has 3 aromatic rings. The standard InChI is InChI=1S/C21H23N3O2/c1-16-10-11-18(14-22-16)13-19-15-23-21(24-20(19)25)26-12-6-5-9-17-7-3-2-4-8-17/h2-4,7-8,10-11,14-15H,5-6,9,12-13H2,1H3,(H,23,24,25). The lowest BCUT2D eigenvalue weighted by molar-refractivity contribution is 0.282. The van der Waals surface area contributed by atoms with E-state index in [1.165, 1.54) is 5.56 Å². The van der Waals surface area contributed by atoms with Crippen LogP contribution in [0.3, 0.4) is 0 Å². The maximum atomic E-state index is 12.2. The number of ether oxygens (including phenoxy) is 1. The van der Waals surface area contributed by atoms with Gasteiger partial charge < -0.3 is 4.74 Å². The molecule has 0 atom stereocenters. The topological polar surface area (TPSA) is 67.9 Å². The third-order valence-corrected chi connectivity index (χ3v) is 4.16. The molecule has 2 heterocycles. The molecule has 3 rings (SSSR count). The van der Waals surface area contributed by atoms with E-state index in [0.29, 0.717) is 18.6 Å². The Hall–Kier alpha value is -2.95. The lowest BCUT2D eigenvalue weighted by Gasteiger charge is -2.06. The zero-order valence-electron chi connectivity index (χ0n) is 14.9. The monoisotopic (exact) mass is 349 g/mol. The van der Waals surface area contributed by atoms with E-state index in [9.17, 15) is 4.79 Å². The molecule has 1 aromatic carbocycles. The predicted octanol–water partition coefficient (Wildman–Crippen LogP) is 3.47. The van der Waals surface area contributed by atoms with Gasteiger partial charge in [-0.25, -0.2) is 4.98 Å². The second kappa shape index (κ2) is 8.94. The Morgan fingerprint density at radius 1 is 0.962 bits per heavy atom. The van der Waals surface area contributed by atoms with Gasteiger partial charge in [-0.2, -0.15) is 0 Å². The van der Waals surface area contributed by atoms with E-state index in [2.05, 4.69) is 39.2 Å². The number of hydrogen-bond acceptors (Lipinski definition) is 4. The first kappa shape index (κ1) is 17.9. The first-order chi connectivity index (χ1) is 12.7. The molecule has 26 heavy (non-hydrogen) atoms. The first-order valence-electron chi connectivity index (χ1n) is 8.87. The third-order valence-electron chi connectivity index (χ3n) is 4.16. The van der Waals surface area contributed by atoms with E-state index in [0.717, 1.165) is 30.5 Å². The highest BCUT2D eigenvalue weighted by atomic mass is 16.5. The van der Waals surface area contributed by atoms with Crippen molar-refractivity contribution in [1.29, 1.82) is 0 Å². The van der Waals surface area contributed by atoms with Gasteiger partial charge in [0.15, 0.2) is 0 Å². The quantitative estimate of drug-likeness (QED) is 0.632. The van der Waals surface area contributed by atoms with Crippen LogP contribution in [-0.2, 0) is 12.8 Å². The summed E-state index contributed by atoms with van der Waals surface area (Å²) in [7, 11) is 0. The number of aromatic nitrogens is 3. The van der Waals surface area contributed by atoms with Crippen molar-refractivity contribution in [2.75, 3.05) is 6.61 Å². The highest BCUT2D eigenvalue weighted by Crippen LogP contribution is 2.08. The van der Waals surface area contributed by atoms with Crippen molar-refractivity contribution in [2.24, 2.45) is 0 Å². The number of aryl methyl sites for hydroxylation is 2. The molecule has 0 spiro atoms. The summed E-state index contributed by atoms with van der Waals surface area (Å²) in [5.41, 5.74) is 3.70. The number of nitrogens with zero attached hydrogens (tertiary/aromatic N) is 2. The molecule has 0 amide bonds. The second-order valence-corrected chi connectivity index (χ2v) is 6.32. The number of benzene rings is 1. The number of unbranched alkanes of at least 4 members (excludes halogenated alkanes) is 1. The van der Waals surface area contributed by atoms with Crippen molar-refractivity contribution in [3.63, 3.8) is 0 Å². The van der Waals surface area contributed by atoms with E-state index in [1.54, 1.807) is 12.4 Å². The largest absolute Gasteiger partial charge is 0.465 e. The summed E-state index contributed by atoms with van der Waals surface area (Å²) in [5, 5.41) is 0. The average Bonchev–Trinajstić information content (AvgIpc) is 2.66. The lowest BCUT2D eigenvalue weighted by Crippen LogP contribution is -2.16. The summed E-state index contributed by atoms with van der Waals surface area (Å²) >= 11 is 0. The smallest absolute Gasteiger partial charge is 0.296 e. The molecule has 1 N–H and O–H groups in total. The molecule has 5 heteroatoms. The normalized spacial score (nSPS) is 10.7. The molecule has 0 saturated carbocycles. The summed E-state index contributed by atoms with van der Waals surface area (Å²) in [6, 6.07) is 14.6. The molecule has 0 unspecified atom stereocenters. The molecule has 2 aromatic heterocycles. The zero-order valence-corrected chi connectivity index (χ0v) is 14.9. The number of pyridine rings is 1. The predicted molar refractivity (Wildman–Crippen MR) is 102 cm³/mol. The number of aromatic amines is 1. The van der Waals surface area contributed by atoms with E-state index in [-0.39, 0.29) is 11.6 Å². The van der Waals surface area contributed by atoms with Gasteiger partial charge in [0, 0.05) is 30.1 Å². The van der Waals surface area contributed by atoms with E-state index in [4.69, 9.17) is 4.74 Å². The molecule has 0 saturated heterocycles. The Bertz CT molecular complexity index is 874. The molecule has 5 nitrogen and oxygen atoms in total. The van der Waals surface area contributed by atoms with Crippen LogP contribution in [0.15, 0.2) is 59.7 Å². The molecular weight excluding hydrogens is 326 g/mol. The molecule has 0 fully saturated rings. The number of hydrogen-bond donors (Lipinski definition) is 1. The van der Waals surface area contributed by atoms with Crippen LogP contribution in [0.1, 0.15) is 35.2 Å². The summed E-state index contributed by atoms with van der Waals surface area (Å²) in [4.78, 5) is 23.4. The maximum Gasteiger partial charge on any atom is 0.296 e. The van der Waals surface area contributed by atoms with Crippen LogP contribution < -0.4 is 10.3 Å². The minimum absolute atomic E-state index is 0.167. The maximum absolute atomic E-state index is 12.2. The minimum Gasteiger partial charge on any atom is -0.465 e. The molecule has 0 bridgehead atoms. The average molecular weight is 349 g/mol. The number of H-pyrrole nitrogens is 1. The lowest BCUT2D eigenvalue weighted by atomic mass is 10.1. The Morgan fingerprint density at radius 2 is 1.81 bits per heavy atom. The molecular formula is C21H23N3O2. The van der Waals surface area contributed by atoms with Gasteiger partial charge in [0.2, 0.25) is 0 Å². The Balaban J connectivity index is 1.46. The fourth-order valence-electron chi connectivity index (χ4n) is 2.67. The summed E-state index contributed by atoms with van der Waals surface area (Å²) in [5.74, 6) is 0. The second-order valence-electron chi connectivity index (χ2n) is 6.32. The first-order valence-corrected chi connectivity index (χ1v) is 8.87. The molecule has 0 radical (unpaired) electrons. The number of nitrogens with one attached hydrogen (secondary N) is 1. The molecule has 134 valence electrons. The van der Waals surface area contributed by atoms with Crippen LogP contribution in [0.25, 0.3) is 0 Å². The van der Waals surface area contributed by atoms with Crippen LogP contribution in [-0.4, -0.2) is 21.6 Å². The van der Waals surface area contributed by atoms with Gasteiger partial charge in [0.25, 0.3) is 11.6 Å². The van der Waals surface area contributed by atoms with Gasteiger partial charge in [0.05, 0.1) is 6.61 Å². The number of rotatable bonds is 8. The van der Waals surface area contributed by atoms with Gasteiger partial charge in [-0.1, -0.05) is 36.4 Å². The summed E-state index contributed by atoms with van der Waals surface area (Å²) in [6.45, 7) is 2.47. The van der Waals surface area contributed by atoms with E-state index >= 15 is 0 Å². The minimum atomic E-state index is -0.167. The van der Waals surface area contributed by atoms with Crippen LogP contribution in [0.2, 0.25) is 0 Å². The van der Waals surface area contributed by atoms with Crippen molar-refractivity contribution in [2.45, 2.75) is 32.6 Å². The molecule has 0 aliphatic carbocycles. The summed E-state index contributed by atoms with van der Waals surface area (Å²) in [6.07, 6.45) is 6.84. The van der Waals surface area contributed by atoms with Gasteiger partial charge >= 0.3 is 0 Å². The Kier molecular flexibility index (Phi) is 6.14. The van der Waals surface area contributed by atoms with Crippen molar-refractivity contribution < 1.29 is 4.74 Å². The fourth-order valence-corrected chi connectivity index (χ4v) is 2.67. The molecule has 0 aliphatic heterocycles. The van der Waals surface area contributed by atoms with Gasteiger partial charge in [0.1, 0.15) is 0 Å². The molecule has 0 aliphatic rings. The SMILES string of the molecule is Cc1ccc(Cc2cnc(OCCCCc3ccccc3)[nH]c2=O)cn1. The Labute approximate surface area is 153 Å². The van der Waals surface area contributed by atoms with Crippen LogP contribution in [0.5, 0.6) is 6.01 Å². The van der Waals surface area contributed by atoms with Gasteiger partial charge in [-0.05, 0) is 43.4 Å². The van der Waals surface area contributed by atoms with Crippen LogP contribution >= 0.6 is 0 Å². The van der Waals surface area contributed by atoms with E-state index < -0.39 is 0 Å². The van der Waals surface area contributed by atoms with Crippen molar-refractivity contribution in [1.82, 2.24) is 15.0 Å². The third kappa shape index (κ3) is 5.28. The Morgan fingerprint density at radius 3 is 2.54 bits per heavy atom. The van der Waals surface area contributed by atoms with Crippen molar-refractivity contribution in [3.8, 4) is 6.01 Å². The zero-order chi connectivity index (χ0) is 18.2. The summed E-state index contributed by atoms with van der Waals surface area (Å²) < 4.78 is 5.57. The van der Waals surface area contributed by atoms with Crippen LogP contribution in [0.4, 0.5) is 0 Å². The van der Waals surface area contributed by atoms with Gasteiger partial charge in [-0.3, -0.25) is 14.8 Å². The van der Waals surface area contributed by atoms with Crippen molar-refractivity contribution >= 4 is 0 Å².